The number of guanidine groups is 1. The summed E-state index contributed by atoms with van der Waals surface area (Å²) in [5.41, 5.74) is 20.1. The lowest BCUT2D eigenvalue weighted by Crippen LogP contribution is -2.61. The van der Waals surface area contributed by atoms with Crippen molar-refractivity contribution in [3.8, 4) is 0 Å². The fourth-order valence-electron chi connectivity index (χ4n) is 15.5. The van der Waals surface area contributed by atoms with Gasteiger partial charge in [0.2, 0.25) is 100 Å². The second-order valence-electron chi connectivity index (χ2n) is 34.7. The van der Waals surface area contributed by atoms with Gasteiger partial charge in [0.1, 0.15) is 78.5 Å². The molecule has 4 heterocycles. The maximum atomic E-state index is 15.9. The van der Waals surface area contributed by atoms with E-state index in [-0.39, 0.29) is 114 Å². The number of aliphatic hydroxyl groups is 1. The van der Waals surface area contributed by atoms with Gasteiger partial charge >= 0.3 is 0 Å². The first-order valence-electron chi connectivity index (χ1n) is 45.6. The molecule has 42 nitrogen and oxygen atoms in total. The summed E-state index contributed by atoms with van der Waals surface area (Å²) in [7, 11) is 4.06. The van der Waals surface area contributed by atoms with Crippen LogP contribution in [0.3, 0.4) is 0 Å². The number of nitrogens with zero attached hydrogens (tertiary/aromatic N) is 4. The summed E-state index contributed by atoms with van der Waals surface area (Å²) < 4.78 is 0. The molecule has 43 heteroatoms. The number of amides is 17. The second kappa shape index (κ2) is 54.6. The van der Waals surface area contributed by atoms with Gasteiger partial charge in [-0.1, -0.05) is 134 Å². The van der Waals surface area contributed by atoms with E-state index in [1.807, 2.05) is 13.8 Å². The topological polar surface area (TPSA) is 639 Å². The quantitative estimate of drug-likeness (QED) is 0.0163. The van der Waals surface area contributed by atoms with E-state index in [1.54, 1.807) is 119 Å². The molecule has 0 radical (unpaired) electrons. The zero-order valence-electron chi connectivity index (χ0n) is 78.3. The molecule has 0 saturated carbocycles. The zero-order valence-corrected chi connectivity index (χ0v) is 79.1. The van der Waals surface area contributed by atoms with Crippen LogP contribution >= 0.6 is 11.8 Å². The average molecular weight is 1900 g/mol. The number of carbonyl (C=O) groups excluding carboxylic acids is 17. The van der Waals surface area contributed by atoms with Gasteiger partial charge in [0.05, 0.1) is 31.7 Å². The molecule has 3 aromatic heterocycles. The molecule has 1 aliphatic heterocycles. The van der Waals surface area contributed by atoms with Gasteiger partial charge in [0.15, 0.2) is 5.96 Å². The molecule has 1 saturated heterocycles. The first kappa shape index (κ1) is 109. The third kappa shape index (κ3) is 34.5. The number of aromatic amines is 3. The van der Waals surface area contributed by atoms with Crippen LogP contribution in [0.5, 0.6) is 0 Å². The van der Waals surface area contributed by atoms with E-state index in [9.17, 15) is 62.6 Å². The minimum Gasteiger partial charge on any atom is -0.394 e. The van der Waals surface area contributed by atoms with Crippen molar-refractivity contribution in [3.05, 3.63) is 126 Å². The summed E-state index contributed by atoms with van der Waals surface area (Å²) in [6.45, 7) is 10.3. The number of thioether (sulfide) groups is 1. The third-order valence-corrected chi connectivity index (χ3v) is 24.1. The van der Waals surface area contributed by atoms with E-state index in [1.165, 1.54) is 50.4 Å². The fraction of sp³-hybridized carbons (Fsp3) is 0.533. The van der Waals surface area contributed by atoms with Crippen LogP contribution in [0.15, 0.2) is 104 Å². The number of rotatable bonds is 28. The average Bonchev–Trinajstić information content (AvgIpc) is 1.64. The zero-order chi connectivity index (χ0) is 99.1. The van der Waals surface area contributed by atoms with Crippen LogP contribution in [0.25, 0.3) is 21.8 Å². The highest BCUT2D eigenvalue weighted by Gasteiger charge is 2.42. The normalized spacial score (nSPS) is 23.0. The molecular formula is C92H134N24O18S. The fourth-order valence-corrected chi connectivity index (χ4v) is 16.4. The van der Waals surface area contributed by atoms with Crippen LogP contribution in [0, 0.1) is 17.2 Å². The summed E-state index contributed by atoms with van der Waals surface area (Å²) in [4.78, 5) is 263. The molecule has 0 bridgehead atoms. The third-order valence-electron chi connectivity index (χ3n) is 23.0. The predicted molar refractivity (Wildman–Crippen MR) is 505 cm³/mol. The Morgan fingerprint density at radius 1 is 0.504 bits per heavy atom. The van der Waals surface area contributed by atoms with Gasteiger partial charge in [-0.25, -0.2) is 4.98 Å². The van der Waals surface area contributed by atoms with Crippen molar-refractivity contribution in [1.29, 1.82) is 5.41 Å². The van der Waals surface area contributed by atoms with E-state index in [2.05, 4.69) is 89.1 Å². The SMILES string of the molecule is CCCC[C@H]1C(=O)N(C)[C@@H](CCCC)C(=O)N[C@@H](CC(C)C)C(=O)N[C@H](C(=O)NCC(N)=O)CSCC(=O)N[C@@H](Cc2ccccc2)C(=O)N(C)[C@@H](C)C(=O)N[C@@H](CC(N)=O)C(=O)NCCCCC(=O)N[C@@H](Cc2cnc[nH]2)C(=O)N[C@@H](CC(C)C)C(=O)N[C@@H](CO)C(=O)N[C@@H](Cc2c[nH]c3ccccc23)C(=O)N[C@@H](CCCNC(=N)N)C(=O)N[C@@H](Cc2c[nH]c3ccccc23)C(=O)N1C. The number of imidazole rings is 1. The summed E-state index contributed by atoms with van der Waals surface area (Å²) in [5.74, 6) is -16.7. The minimum atomic E-state index is -1.83. The Balaban J connectivity index is 1.29. The van der Waals surface area contributed by atoms with Crippen LogP contribution in [-0.4, -0.2) is 284 Å². The number of primary amides is 2. The number of benzene rings is 3. The van der Waals surface area contributed by atoms with Gasteiger partial charge in [-0.15, -0.1) is 11.8 Å². The number of nitrogens with two attached hydrogens (primary N) is 3. The number of hydrogen-bond donors (Lipinski definition) is 21. The molecule has 736 valence electrons. The molecule has 0 aliphatic carbocycles. The number of H-pyrrole nitrogens is 3. The summed E-state index contributed by atoms with van der Waals surface area (Å²) >= 11 is 0.836. The molecule has 0 spiro atoms. The molecule has 0 unspecified atom stereocenters. The smallest absolute Gasteiger partial charge is 0.245 e. The van der Waals surface area contributed by atoms with E-state index in [0.29, 0.717) is 69.9 Å². The number of unbranched alkanes of at least 4 members (excludes halogenated alkanes) is 2. The Morgan fingerprint density at radius 3 is 1.58 bits per heavy atom. The number of carbonyl (C=O) groups is 17. The van der Waals surface area contributed by atoms with Crippen LogP contribution in [-0.2, 0) is 107 Å². The number of para-hydroxylation sites is 2. The van der Waals surface area contributed by atoms with Crippen LogP contribution in [0.4, 0.5) is 0 Å². The molecule has 1 fully saturated rings. The van der Waals surface area contributed by atoms with E-state index in [4.69, 9.17) is 22.6 Å². The maximum Gasteiger partial charge on any atom is 0.245 e. The van der Waals surface area contributed by atoms with Crippen molar-refractivity contribution in [2.45, 2.75) is 243 Å². The van der Waals surface area contributed by atoms with Gasteiger partial charge in [-0.3, -0.25) is 86.9 Å². The Bertz CT molecular complexity index is 5050. The molecule has 7 rings (SSSR count). The summed E-state index contributed by atoms with van der Waals surface area (Å²) in [6.07, 6.45) is 6.11. The van der Waals surface area contributed by atoms with Crippen LogP contribution in [0.2, 0.25) is 0 Å². The molecule has 6 aromatic rings. The molecule has 3 aromatic carbocycles. The van der Waals surface area contributed by atoms with Crippen molar-refractivity contribution >= 4 is 140 Å². The minimum absolute atomic E-state index is 0.00206. The Morgan fingerprint density at radius 2 is 1.00 bits per heavy atom. The van der Waals surface area contributed by atoms with Crippen molar-refractivity contribution in [2.75, 3.05) is 58.9 Å². The Labute approximate surface area is 788 Å². The van der Waals surface area contributed by atoms with Crippen molar-refractivity contribution in [2.24, 2.45) is 29.0 Å². The summed E-state index contributed by atoms with van der Waals surface area (Å²) in [6, 6.07) is 3.45. The van der Waals surface area contributed by atoms with Crippen molar-refractivity contribution in [3.63, 3.8) is 0 Å². The van der Waals surface area contributed by atoms with E-state index in [0.717, 1.165) is 16.7 Å². The lowest BCUT2D eigenvalue weighted by atomic mass is 9.99. The van der Waals surface area contributed by atoms with E-state index < -0.39 is 210 Å². The predicted octanol–water partition coefficient (Wildman–Crippen LogP) is -0.770. The largest absolute Gasteiger partial charge is 0.394 e. The number of hydrogen-bond acceptors (Lipinski definition) is 21. The van der Waals surface area contributed by atoms with Gasteiger partial charge < -0.3 is 121 Å². The van der Waals surface area contributed by atoms with Gasteiger partial charge in [-0.2, -0.15) is 0 Å². The highest BCUT2D eigenvalue weighted by atomic mass is 32.2. The van der Waals surface area contributed by atoms with Gasteiger partial charge in [0, 0.05) is 118 Å². The number of aliphatic hydroxyl groups excluding tert-OH is 1. The Hall–Kier alpha value is -13.5. The molecular weight excluding hydrogens is 1760 g/mol. The first-order valence-corrected chi connectivity index (χ1v) is 46.8. The summed E-state index contributed by atoms with van der Waals surface area (Å²) in [5, 5.41) is 55.0. The maximum absolute atomic E-state index is 15.9. The number of aromatic nitrogens is 4. The van der Waals surface area contributed by atoms with Crippen molar-refractivity contribution < 1.29 is 86.6 Å². The van der Waals surface area contributed by atoms with Crippen LogP contribution in [0.1, 0.15) is 161 Å². The van der Waals surface area contributed by atoms with Gasteiger partial charge in [-0.05, 0) is 98.9 Å². The number of likely N-dealkylation sites (N-methyl/N-ethyl adjacent to an activating group) is 3. The number of nitrogens with one attached hydrogen (secondary N) is 17. The molecule has 1 aliphatic rings. The molecule has 24 N–H and O–H groups in total. The highest BCUT2D eigenvalue weighted by molar-refractivity contribution is 8.00. The molecule has 13 atom stereocenters. The molecule has 135 heavy (non-hydrogen) atoms. The lowest BCUT2D eigenvalue weighted by Gasteiger charge is -2.36. The van der Waals surface area contributed by atoms with Gasteiger partial charge in [0.25, 0.3) is 0 Å². The standard InChI is InChI=1S/C92H134N24O18S/c1-11-13-32-73-88(131)110-65(38-53(5)6)84(127)113-72(81(124)102-47-76(94)119)49-135-50-78(121)105-69(39-55-25-16-15-17-26-55)89(132)114(8)54(7)79(122)107-68(43-75(93)118)80(123)98-35-23-22-34-77(120)104-67(42-58-46-97-51-103-58)86(129)108-64(37-52(3)4)83(126)112-71(48-117)87(130)109-66(40-56-44-100-61-29-20-18-27-59(56)61)85(128)106-63(31-24-36-99-92(95)96)82(125)111-70(41-57-45-101-62-30-21-19-28-60(57)62)90(133)116(10)74(33-14-12-2)91(134)115(73)9/h15-21,25-30,44-46,51-54,63-74,100-101,117H,11-14,22-24,31-43,47-50H2,1-10H3,(H2,93,118)(H2,94,119)(H,97,103)(H,98,123)(H,102,124)(H,104,120)(H,105,121)(H,106,128)(H,107,122)(H,108,129)(H,109,130)(H,110,131)(H,111,125)(H,112,126)(H,113,127)(H4,95,96,99)/t54-,63-,64-,65-,66-,67-,68-,69-,70-,71-,72-,73-,74-/m0/s1. The second-order valence-corrected chi connectivity index (χ2v) is 35.7. The van der Waals surface area contributed by atoms with Crippen molar-refractivity contribution in [1.82, 2.24) is 104 Å². The van der Waals surface area contributed by atoms with Crippen LogP contribution < -0.4 is 86.3 Å². The molecule has 17 amide bonds. The monoisotopic (exact) mass is 1900 g/mol. The lowest BCUT2D eigenvalue weighted by molar-refractivity contribution is -0.149. The first-order chi connectivity index (χ1) is 64.3. The number of fused-ring (bicyclic) bond motifs is 2. The Kier molecular flexibility index (Phi) is 43.9. The highest BCUT2D eigenvalue weighted by Crippen LogP contribution is 2.25. The van der Waals surface area contributed by atoms with E-state index >= 15 is 24.0 Å².